The first-order chi connectivity index (χ1) is 41.0. The Labute approximate surface area is 518 Å². The second-order valence-corrected chi connectivity index (χ2v) is 25.6. The van der Waals surface area contributed by atoms with Gasteiger partial charge in [0.05, 0.1) is 0 Å². The third-order valence-corrected chi connectivity index (χ3v) is 17.1. The molecule has 0 aromatic rings. The fourth-order valence-electron chi connectivity index (χ4n) is 11.4. The number of unbranched alkanes of at least 4 members (excludes halogenated alkanes) is 53. The number of allylic oxidation sites excluding steroid dienone is 6. The Hall–Kier alpha value is -2.37. The van der Waals surface area contributed by atoms with Crippen LogP contribution < -0.4 is 0 Å². The highest BCUT2D eigenvalue weighted by Gasteiger charge is 2.20. The van der Waals surface area contributed by atoms with Crippen molar-refractivity contribution in [3.8, 4) is 0 Å². The minimum absolute atomic E-state index is 0.0707. The molecule has 0 N–H and O–H groups in total. The smallest absolute Gasteiger partial charge is 0.306 e. The van der Waals surface area contributed by atoms with Crippen molar-refractivity contribution in [3.05, 3.63) is 36.5 Å². The predicted octanol–water partition coefficient (Wildman–Crippen LogP) is 25.9. The standard InChI is InChI=1S/C77H144O6/c1-4-7-10-13-16-19-22-24-26-28-30-31-32-33-34-35-36-37-38-39-40-41-42-43-44-45-47-48-50-52-55-58-61-64-67-70-76(79)82-73-74(72-81-75(78)69-66-63-60-57-54-21-18-15-12-9-6-3)83-77(80)71-68-65-62-59-56-53-51-49-46-29-27-25-23-20-17-14-11-8-5-2/h15,18,25,27-28,30,74H,4-14,16-17,19-24,26,29,31-73H2,1-3H3/b18-15-,27-25-,30-28-. The summed E-state index contributed by atoms with van der Waals surface area (Å²) in [5.41, 5.74) is 0. The summed E-state index contributed by atoms with van der Waals surface area (Å²) in [7, 11) is 0. The number of hydrogen-bond acceptors (Lipinski definition) is 6. The van der Waals surface area contributed by atoms with Crippen LogP contribution in [0.3, 0.4) is 0 Å². The maximum absolute atomic E-state index is 12.9. The van der Waals surface area contributed by atoms with Crippen LogP contribution >= 0.6 is 0 Å². The average Bonchev–Trinajstić information content (AvgIpc) is 3.48. The molecule has 1 atom stereocenters. The Morgan fingerprint density at radius 1 is 0.229 bits per heavy atom. The molecular weight excluding hydrogens is 1020 g/mol. The van der Waals surface area contributed by atoms with Gasteiger partial charge >= 0.3 is 17.9 Å². The lowest BCUT2D eigenvalue weighted by molar-refractivity contribution is -0.167. The Morgan fingerprint density at radius 3 is 0.639 bits per heavy atom. The summed E-state index contributed by atoms with van der Waals surface area (Å²) in [6, 6.07) is 0. The zero-order chi connectivity index (χ0) is 59.9. The summed E-state index contributed by atoms with van der Waals surface area (Å²) in [6.45, 7) is 6.66. The third kappa shape index (κ3) is 70.3. The van der Waals surface area contributed by atoms with Crippen molar-refractivity contribution in [1.82, 2.24) is 0 Å². The van der Waals surface area contributed by atoms with E-state index in [1.54, 1.807) is 0 Å². The van der Waals surface area contributed by atoms with E-state index in [9.17, 15) is 14.4 Å². The number of hydrogen-bond donors (Lipinski definition) is 0. The Kier molecular flexibility index (Phi) is 70.0. The molecule has 0 aliphatic carbocycles. The van der Waals surface area contributed by atoms with Gasteiger partial charge in [0.25, 0.3) is 0 Å². The molecule has 0 heterocycles. The van der Waals surface area contributed by atoms with Crippen molar-refractivity contribution in [3.63, 3.8) is 0 Å². The van der Waals surface area contributed by atoms with Crippen LogP contribution in [0.4, 0.5) is 0 Å². The SMILES string of the molecule is CCCC/C=C\CCCCCCCC(=O)OCC(COC(=O)CCCCCCCCCCCCCCCCCCCCCCCCC/C=C\CCCCCCCCCC)OC(=O)CCCCCCCCCCC/C=C\CCCCCCCC. The highest BCUT2D eigenvalue weighted by Crippen LogP contribution is 2.19. The zero-order valence-corrected chi connectivity index (χ0v) is 56.2. The van der Waals surface area contributed by atoms with E-state index in [0.29, 0.717) is 19.3 Å². The van der Waals surface area contributed by atoms with Crippen LogP contribution in [0.15, 0.2) is 36.5 Å². The Balaban J connectivity index is 4.04. The summed E-state index contributed by atoms with van der Waals surface area (Å²) >= 11 is 0. The van der Waals surface area contributed by atoms with E-state index in [4.69, 9.17) is 14.2 Å². The topological polar surface area (TPSA) is 78.9 Å². The van der Waals surface area contributed by atoms with Gasteiger partial charge in [-0.25, -0.2) is 0 Å². The second kappa shape index (κ2) is 72.1. The van der Waals surface area contributed by atoms with E-state index < -0.39 is 6.10 Å². The number of carbonyl (C=O) groups excluding carboxylic acids is 3. The van der Waals surface area contributed by atoms with Crippen LogP contribution in [0.2, 0.25) is 0 Å². The minimum atomic E-state index is -0.775. The van der Waals surface area contributed by atoms with Gasteiger partial charge < -0.3 is 14.2 Å². The summed E-state index contributed by atoms with van der Waals surface area (Å²) in [5.74, 6) is -0.856. The molecule has 0 aliphatic rings. The molecule has 0 fully saturated rings. The molecule has 0 spiro atoms. The van der Waals surface area contributed by atoms with Gasteiger partial charge in [-0.3, -0.25) is 14.4 Å². The van der Waals surface area contributed by atoms with Crippen LogP contribution in [-0.2, 0) is 28.6 Å². The molecule has 6 nitrogen and oxygen atoms in total. The van der Waals surface area contributed by atoms with Gasteiger partial charge in [0.15, 0.2) is 6.10 Å². The normalized spacial score (nSPS) is 12.2. The van der Waals surface area contributed by atoms with Crippen molar-refractivity contribution in [1.29, 1.82) is 0 Å². The summed E-state index contributed by atoms with van der Waals surface area (Å²) in [5, 5.41) is 0. The fraction of sp³-hybridized carbons (Fsp3) is 0.883. The van der Waals surface area contributed by atoms with Gasteiger partial charge in [0, 0.05) is 19.3 Å². The van der Waals surface area contributed by atoms with Gasteiger partial charge in [0.2, 0.25) is 0 Å². The monoisotopic (exact) mass is 1170 g/mol. The Bertz CT molecular complexity index is 1380. The van der Waals surface area contributed by atoms with Crippen LogP contribution in [0.1, 0.15) is 419 Å². The van der Waals surface area contributed by atoms with Gasteiger partial charge in [0.1, 0.15) is 13.2 Å². The fourth-order valence-corrected chi connectivity index (χ4v) is 11.4. The molecular formula is C77H144O6. The van der Waals surface area contributed by atoms with Crippen LogP contribution in [0.25, 0.3) is 0 Å². The number of carbonyl (C=O) groups is 3. The lowest BCUT2D eigenvalue weighted by Crippen LogP contribution is -2.30. The van der Waals surface area contributed by atoms with Gasteiger partial charge in [-0.05, 0) is 89.9 Å². The van der Waals surface area contributed by atoms with E-state index in [1.807, 2.05) is 0 Å². The van der Waals surface area contributed by atoms with Gasteiger partial charge in [-0.2, -0.15) is 0 Å². The third-order valence-electron chi connectivity index (χ3n) is 17.1. The molecule has 1 unspecified atom stereocenters. The molecule has 0 saturated carbocycles. The molecule has 488 valence electrons. The van der Waals surface area contributed by atoms with E-state index in [1.165, 1.54) is 315 Å². The van der Waals surface area contributed by atoms with E-state index >= 15 is 0 Å². The maximum Gasteiger partial charge on any atom is 0.306 e. The van der Waals surface area contributed by atoms with Crippen molar-refractivity contribution < 1.29 is 28.6 Å². The molecule has 0 aromatic heterocycles. The summed E-state index contributed by atoms with van der Waals surface area (Å²) in [6.07, 6.45) is 90.7. The largest absolute Gasteiger partial charge is 0.462 e. The second-order valence-electron chi connectivity index (χ2n) is 25.6. The lowest BCUT2D eigenvalue weighted by atomic mass is 10.0. The van der Waals surface area contributed by atoms with Gasteiger partial charge in [-0.1, -0.05) is 346 Å². The molecule has 0 aliphatic heterocycles. The average molecular weight is 1170 g/mol. The molecule has 0 saturated heterocycles. The lowest BCUT2D eigenvalue weighted by Gasteiger charge is -2.18. The minimum Gasteiger partial charge on any atom is -0.462 e. The summed E-state index contributed by atoms with van der Waals surface area (Å²) in [4.78, 5) is 38.4. The first kappa shape index (κ1) is 80.6. The molecule has 0 amide bonds. The first-order valence-electron chi connectivity index (χ1n) is 37.5. The number of esters is 3. The summed E-state index contributed by atoms with van der Waals surface area (Å²) < 4.78 is 17.0. The van der Waals surface area contributed by atoms with Crippen molar-refractivity contribution in [2.45, 2.75) is 425 Å². The van der Waals surface area contributed by atoms with Crippen molar-refractivity contribution >= 4 is 17.9 Å². The van der Waals surface area contributed by atoms with Crippen LogP contribution in [0.5, 0.6) is 0 Å². The molecule has 0 aromatic carbocycles. The quantitative estimate of drug-likeness (QED) is 0.0261. The highest BCUT2D eigenvalue weighted by atomic mass is 16.6. The molecule has 0 bridgehead atoms. The van der Waals surface area contributed by atoms with Gasteiger partial charge in [-0.15, -0.1) is 0 Å². The van der Waals surface area contributed by atoms with Crippen LogP contribution in [0, 0.1) is 0 Å². The van der Waals surface area contributed by atoms with E-state index in [2.05, 4.69) is 57.2 Å². The van der Waals surface area contributed by atoms with E-state index in [-0.39, 0.29) is 31.1 Å². The Morgan fingerprint density at radius 2 is 0.410 bits per heavy atom. The molecule has 0 rings (SSSR count). The van der Waals surface area contributed by atoms with E-state index in [0.717, 1.165) is 64.2 Å². The molecule has 6 heteroatoms. The van der Waals surface area contributed by atoms with Crippen molar-refractivity contribution in [2.75, 3.05) is 13.2 Å². The maximum atomic E-state index is 12.9. The number of rotatable bonds is 70. The molecule has 83 heavy (non-hydrogen) atoms. The number of ether oxygens (including phenoxy) is 3. The van der Waals surface area contributed by atoms with Crippen LogP contribution in [-0.4, -0.2) is 37.2 Å². The van der Waals surface area contributed by atoms with Crippen molar-refractivity contribution in [2.24, 2.45) is 0 Å². The first-order valence-corrected chi connectivity index (χ1v) is 37.5. The predicted molar refractivity (Wildman–Crippen MR) is 362 cm³/mol. The molecule has 0 radical (unpaired) electrons. The highest BCUT2D eigenvalue weighted by molar-refractivity contribution is 5.71. The zero-order valence-electron chi connectivity index (χ0n) is 56.2.